The first-order valence-corrected chi connectivity index (χ1v) is 7.12. The number of hydrogen-bond donors (Lipinski definition) is 0. The van der Waals surface area contributed by atoms with Crippen molar-refractivity contribution in [1.29, 1.82) is 0 Å². The molecule has 0 saturated carbocycles. The molecule has 1 fully saturated rings. The molecule has 2 rings (SSSR count). The third kappa shape index (κ3) is 3.80. The van der Waals surface area contributed by atoms with Crippen molar-refractivity contribution in [2.24, 2.45) is 0 Å². The Balaban J connectivity index is 2.02. The Morgan fingerprint density at radius 3 is 2.81 bits per heavy atom. The number of ether oxygens (including phenoxy) is 2. The monoisotopic (exact) mass is 295 g/mol. The number of ketones is 1. The van der Waals surface area contributed by atoms with Crippen LogP contribution in [-0.2, 0) is 4.74 Å². The first kappa shape index (κ1) is 15.9. The van der Waals surface area contributed by atoms with Crippen LogP contribution in [0.25, 0.3) is 0 Å². The van der Waals surface area contributed by atoms with E-state index >= 15 is 0 Å². The number of hydrogen-bond acceptors (Lipinski definition) is 4. The second kappa shape index (κ2) is 6.54. The summed E-state index contributed by atoms with van der Waals surface area (Å²) < 4.78 is 24.0. The van der Waals surface area contributed by atoms with Crippen LogP contribution in [0.3, 0.4) is 0 Å². The number of carbonyl (C=O) groups is 1. The Bertz CT molecular complexity index is 520. The van der Waals surface area contributed by atoms with Gasteiger partial charge in [-0.05, 0) is 44.5 Å². The standard InChI is InChI=1S/C16H22FNO3/c1-16(21-3)7-4-8-18(11-16)10-14(19)12-5-6-15(20-2)13(17)9-12/h5-6,9H,4,7-8,10-11H2,1-3H3. The lowest BCUT2D eigenvalue weighted by molar-refractivity contribution is -0.0485. The van der Waals surface area contributed by atoms with Crippen molar-refractivity contribution in [2.75, 3.05) is 33.9 Å². The maximum atomic E-state index is 13.7. The molecule has 1 heterocycles. The van der Waals surface area contributed by atoms with Crippen molar-refractivity contribution in [3.63, 3.8) is 0 Å². The minimum absolute atomic E-state index is 0.0862. The van der Waals surface area contributed by atoms with Gasteiger partial charge in [0.05, 0.1) is 19.3 Å². The van der Waals surface area contributed by atoms with Crippen LogP contribution in [0.5, 0.6) is 5.75 Å². The van der Waals surface area contributed by atoms with Gasteiger partial charge in [0.15, 0.2) is 17.3 Å². The molecule has 0 amide bonds. The summed E-state index contributed by atoms with van der Waals surface area (Å²) in [4.78, 5) is 14.3. The molecular weight excluding hydrogens is 273 g/mol. The van der Waals surface area contributed by atoms with E-state index in [0.29, 0.717) is 12.1 Å². The van der Waals surface area contributed by atoms with Crippen LogP contribution in [0.2, 0.25) is 0 Å². The van der Waals surface area contributed by atoms with E-state index in [9.17, 15) is 9.18 Å². The largest absolute Gasteiger partial charge is 0.494 e. The third-order valence-corrected chi connectivity index (χ3v) is 4.07. The molecule has 1 aromatic carbocycles. The predicted molar refractivity (Wildman–Crippen MR) is 78.4 cm³/mol. The molecule has 1 aliphatic rings. The van der Waals surface area contributed by atoms with Crippen molar-refractivity contribution in [2.45, 2.75) is 25.4 Å². The predicted octanol–water partition coefficient (Wildman–Crippen LogP) is 2.52. The second-order valence-corrected chi connectivity index (χ2v) is 5.74. The summed E-state index contributed by atoms with van der Waals surface area (Å²) in [7, 11) is 3.10. The Hall–Kier alpha value is -1.46. The van der Waals surface area contributed by atoms with Crippen molar-refractivity contribution >= 4 is 5.78 Å². The number of likely N-dealkylation sites (tertiary alicyclic amines) is 1. The van der Waals surface area contributed by atoms with Gasteiger partial charge in [-0.25, -0.2) is 4.39 Å². The molecule has 4 nitrogen and oxygen atoms in total. The van der Waals surface area contributed by atoms with Crippen molar-refractivity contribution in [3.05, 3.63) is 29.6 Å². The number of rotatable bonds is 5. The molecule has 1 atom stereocenters. The maximum Gasteiger partial charge on any atom is 0.176 e. The molecule has 1 aliphatic heterocycles. The van der Waals surface area contributed by atoms with Crippen LogP contribution in [0, 0.1) is 5.82 Å². The first-order valence-electron chi connectivity index (χ1n) is 7.12. The van der Waals surface area contributed by atoms with Gasteiger partial charge in [0.2, 0.25) is 0 Å². The number of benzene rings is 1. The number of Topliss-reactive ketones (excluding diaryl/α,β-unsaturated/α-hetero) is 1. The summed E-state index contributed by atoms with van der Waals surface area (Å²) in [6, 6.07) is 4.32. The van der Waals surface area contributed by atoms with Crippen molar-refractivity contribution < 1.29 is 18.7 Å². The summed E-state index contributed by atoms with van der Waals surface area (Å²) in [5, 5.41) is 0. The average Bonchev–Trinajstić information content (AvgIpc) is 2.47. The number of nitrogens with zero attached hydrogens (tertiary/aromatic N) is 1. The molecule has 1 aromatic rings. The highest BCUT2D eigenvalue weighted by molar-refractivity contribution is 5.97. The molecule has 116 valence electrons. The quantitative estimate of drug-likeness (QED) is 0.783. The molecule has 5 heteroatoms. The van der Waals surface area contributed by atoms with E-state index < -0.39 is 5.82 Å². The molecule has 1 unspecified atom stereocenters. The molecule has 0 bridgehead atoms. The Morgan fingerprint density at radius 2 is 2.19 bits per heavy atom. The highest BCUT2D eigenvalue weighted by Crippen LogP contribution is 2.24. The van der Waals surface area contributed by atoms with E-state index in [1.165, 1.54) is 19.2 Å². The number of methoxy groups -OCH3 is 2. The first-order chi connectivity index (χ1) is 9.97. The number of halogens is 1. The van der Waals surface area contributed by atoms with E-state index in [2.05, 4.69) is 11.8 Å². The Morgan fingerprint density at radius 1 is 1.43 bits per heavy atom. The summed E-state index contributed by atoms with van der Waals surface area (Å²) in [5.41, 5.74) is 0.168. The van der Waals surface area contributed by atoms with E-state index in [1.54, 1.807) is 13.2 Å². The zero-order chi connectivity index (χ0) is 15.5. The molecule has 0 aromatic heterocycles. The highest BCUT2D eigenvalue weighted by atomic mass is 19.1. The van der Waals surface area contributed by atoms with E-state index in [1.807, 2.05) is 0 Å². The zero-order valence-electron chi connectivity index (χ0n) is 12.8. The van der Waals surface area contributed by atoms with Crippen LogP contribution in [0.4, 0.5) is 4.39 Å². The molecule has 0 N–H and O–H groups in total. The van der Waals surface area contributed by atoms with Crippen LogP contribution in [0.15, 0.2) is 18.2 Å². The minimum Gasteiger partial charge on any atom is -0.494 e. The van der Waals surface area contributed by atoms with Crippen molar-refractivity contribution in [3.8, 4) is 5.75 Å². The fourth-order valence-corrected chi connectivity index (χ4v) is 2.74. The number of carbonyl (C=O) groups excluding carboxylic acids is 1. The lowest BCUT2D eigenvalue weighted by atomic mass is 9.94. The van der Waals surface area contributed by atoms with Gasteiger partial charge in [-0.15, -0.1) is 0 Å². The minimum atomic E-state index is -0.510. The van der Waals surface area contributed by atoms with Crippen LogP contribution in [0.1, 0.15) is 30.1 Å². The molecular formula is C16H22FNO3. The maximum absolute atomic E-state index is 13.7. The molecule has 0 radical (unpaired) electrons. The Labute approximate surface area is 124 Å². The van der Waals surface area contributed by atoms with E-state index in [-0.39, 0.29) is 23.7 Å². The van der Waals surface area contributed by atoms with E-state index in [0.717, 1.165) is 19.4 Å². The SMILES string of the molecule is COc1ccc(C(=O)CN2CCCC(C)(OC)C2)cc1F. The normalized spacial score (nSPS) is 23.0. The molecule has 0 spiro atoms. The van der Waals surface area contributed by atoms with Gasteiger partial charge in [0, 0.05) is 19.2 Å². The fourth-order valence-electron chi connectivity index (χ4n) is 2.74. The molecule has 0 aliphatic carbocycles. The van der Waals surface area contributed by atoms with Gasteiger partial charge in [-0.2, -0.15) is 0 Å². The molecule has 21 heavy (non-hydrogen) atoms. The van der Waals surface area contributed by atoms with E-state index in [4.69, 9.17) is 9.47 Å². The highest BCUT2D eigenvalue weighted by Gasteiger charge is 2.31. The van der Waals surface area contributed by atoms with Crippen molar-refractivity contribution in [1.82, 2.24) is 4.90 Å². The third-order valence-electron chi connectivity index (χ3n) is 4.07. The molecule has 1 saturated heterocycles. The van der Waals surface area contributed by atoms with Gasteiger partial charge < -0.3 is 9.47 Å². The van der Waals surface area contributed by atoms with Crippen LogP contribution >= 0.6 is 0 Å². The summed E-state index contributed by atoms with van der Waals surface area (Å²) in [6.45, 7) is 3.92. The van der Waals surface area contributed by atoms with Gasteiger partial charge >= 0.3 is 0 Å². The number of piperidine rings is 1. The lowest BCUT2D eigenvalue weighted by Gasteiger charge is -2.39. The topological polar surface area (TPSA) is 38.8 Å². The second-order valence-electron chi connectivity index (χ2n) is 5.74. The average molecular weight is 295 g/mol. The summed E-state index contributed by atoms with van der Waals surface area (Å²) in [6.07, 6.45) is 1.99. The van der Waals surface area contributed by atoms with Crippen LogP contribution < -0.4 is 4.74 Å². The van der Waals surface area contributed by atoms with Gasteiger partial charge in [-0.3, -0.25) is 9.69 Å². The lowest BCUT2D eigenvalue weighted by Crippen LogP contribution is -2.48. The van der Waals surface area contributed by atoms with Gasteiger partial charge in [-0.1, -0.05) is 0 Å². The van der Waals surface area contributed by atoms with Crippen LogP contribution in [-0.4, -0.2) is 50.1 Å². The Kier molecular flexibility index (Phi) is 4.96. The smallest absolute Gasteiger partial charge is 0.176 e. The van der Waals surface area contributed by atoms with Gasteiger partial charge in [0.1, 0.15) is 0 Å². The van der Waals surface area contributed by atoms with Gasteiger partial charge in [0.25, 0.3) is 0 Å². The zero-order valence-corrected chi connectivity index (χ0v) is 12.8. The summed E-state index contributed by atoms with van der Waals surface area (Å²) in [5.74, 6) is -0.447. The fraction of sp³-hybridized carbons (Fsp3) is 0.562. The summed E-state index contributed by atoms with van der Waals surface area (Å²) >= 11 is 0.